The summed E-state index contributed by atoms with van der Waals surface area (Å²) in [4.78, 5) is 14.6. The van der Waals surface area contributed by atoms with Crippen LogP contribution in [0.5, 0.6) is 0 Å². The number of aliphatic hydroxyl groups is 1. The van der Waals surface area contributed by atoms with Gasteiger partial charge in [-0.1, -0.05) is 6.07 Å². The standard InChI is InChI=1S/C17H25NO3/c1-11-5-13(3)16(6-12(11)2)17(20)9-18-7-14(4)21-15(8-18)10-19/h5-6,14-15,19H,7-10H2,1-4H3. The Balaban J connectivity index is 2.09. The second-order valence-corrected chi connectivity index (χ2v) is 6.12. The molecule has 0 saturated carbocycles. The fourth-order valence-corrected chi connectivity index (χ4v) is 2.92. The summed E-state index contributed by atoms with van der Waals surface area (Å²) < 4.78 is 5.61. The summed E-state index contributed by atoms with van der Waals surface area (Å²) in [6.45, 7) is 9.77. The summed E-state index contributed by atoms with van der Waals surface area (Å²) in [7, 11) is 0. The fraction of sp³-hybridized carbons (Fsp3) is 0.588. The number of Topliss-reactive ketones (excluding diaryl/α,β-unsaturated/α-hetero) is 1. The zero-order valence-corrected chi connectivity index (χ0v) is 13.3. The van der Waals surface area contributed by atoms with E-state index in [2.05, 4.69) is 17.9 Å². The molecule has 0 spiro atoms. The van der Waals surface area contributed by atoms with E-state index >= 15 is 0 Å². The second-order valence-electron chi connectivity index (χ2n) is 6.12. The van der Waals surface area contributed by atoms with Gasteiger partial charge in [0.2, 0.25) is 0 Å². The van der Waals surface area contributed by atoms with Gasteiger partial charge in [-0.15, -0.1) is 0 Å². The lowest BCUT2D eigenvalue weighted by Gasteiger charge is -2.35. The largest absolute Gasteiger partial charge is 0.394 e. The summed E-state index contributed by atoms with van der Waals surface area (Å²) in [5, 5.41) is 9.25. The predicted octanol–water partition coefficient (Wildman–Crippen LogP) is 1.88. The van der Waals surface area contributed by atoms with Gasteiger partial charge in [0.1, 0.15) is 0 Å². The number of carbonyl (C=O) groups excluding carboxylic acids is 1. The average Bonchev–Trinajstić information content (AvgIpc) is 2.42. The summed E-state index contributed by atoms with van der Waals surface area (Å²) in [6.07, 6.45) is -0.146. The molecular formula is C17H25NO3. The van der Waals surface area contributed by atoms with E-state index in [-0.39, 0.29) is 24.6 Å². The Morgan fingerprint density at radius 3 is 2.57 bits per heavy atom. The van der Waals surface area contributed by atoms with Crippen molar-refractivity contribution in [3.05, 3.63) is 34.4 Å². The maximum Gasteiger partial charge on any atom is 0.177 e. The number of aliphatic hydroxyl groups excluding tert-OH is 1. The maximum atomic E-state index is 12.6. The van der Waals surface area contributed by atoms with Crippen LogP contribution in [0.4, 0.5) is 0 Å². The third kappa shape index (κ3) is 3.90. The van der Waals surface area contributed by atoms with Gasteiger partial charge in [-0.05, 0) is 50.5 Å². The number of nitrogens with zero attached hydrogens (tertiary/aromatic N) is 1. The molecule has 0 aliphatic carbocycles. The van der Waals surface area contributed by atoms with E-state index in [9.17, 15) is 9.90 Å². The van der Waals surface area contributed by atoms with Crippen LogP contribution in [0.15, 0.2) is 12.1 Å². The number of ketones is 1. The molecule has 2 rings (SSSR count). The van der Waals surface area contributed by atoms with Crippen molar-refractivity contribution in [2.45, 2.75) is 39.9 Å². The van der Waals surface area contributed by atoms with Gasteiger partial charge in [-0.2, -0.15) is 0 Å². The molecule has 0 bridgehead atoms. The third-order valence-corrected chi connectivity index (χ3v) is 4.11. The molecule has 1 fully saturated rings. The molecule has 21 heavy (non-hydrogen) atoms. The van der Waals surface area contributed by atoms with Gasteiger partial charge >= 0.3 is 0 Å². The van der Waals surface area contributed by atoms with Gasteiger partial charge in [0.05, 0.1) is 25.4 Å². The smallest absolute Gasteiger partial charge is 0.177 e. The zero-order valence-electron chi connectivity index (χ0n) is 13.3. The van der Waals surface area contributed by atoms with Gasteiger partial charge in [0.25, 0.3) is 0 Å². The molecule has 0 radical (unpaired) electrons. The monoisotopic (exact) mass is 291 g/mol. The van der Waals surface area contributed by atoms with Crippen LogP contribution in [-0.2, 0) is 4.74 Å². The van der Waals surface area contributed by atoms with E-state index in [1.54, 1.807) is 0 Å². The van der Waals surface area contributed by atoms with E-state index < -0.39 is 0 Å². The molecule has 0 aromatic heterocycles. The number of hydrogen-bond acceptors (Lipinski definition) is 4. The molecular weight excluding hydrogens is 266 g/mol. The Morgan fingerprint density at radius 2 is 1.90 bits per heavy atom. The molecule has 2 unspecified atom stereocenters. The summed E-state index contributed by atoms with van der Waals surface area (Å²) in [6, 6.07) is 4.06. The third-order valence-electron chi connectivity index (χ3n) is 4.11. The number of rotatable bonds is 4. The lowest BCUT2D eigenvalue weighted by atomic mass is 9.97. The van der Waals surface area contributed by atoms with Gasteiger partial charge in [-0.25, -0.2) is 0 Å². The molecule has 0 amide bonds. The molecule has 116 valence electrons. The van der Waals surface area contributed by atoms with Crippen molar-refractivity contribution in [3.8, 4) is 0 Å². The highest BCUT2D eigenvalue weighted by Crippen LogP contribution is 2.17. The lowest BCUT2D eigenvalue weighted by Crippen LogP contribution is -2.49. The molecule has 1 heterocycles. The van der Waals surface area contributed by atoms with Crippen LogP contribution >= 0.6 is 0 Å². The zero-order chi connectivity index (χ0) is 15.6. The van der Waals surface area contributed by atoms with Crippen molar-refractivity contribution >= 4 is 5.78 Å². The van der Waals surface area contributed by atoms with E-state index in [1.807, 2.05) is 26.8 Å². The molecule has 1 saturated heterocycles. The molecule has 1 aliphatic rings. The van der Waals surface area contributed by atoms with Crippen LogP contribution in [-0.4, -0.2) is 54.2 Å². The Morgan fingerprint density at radius 1 is 1.24 bits per heavy atom. The first-order chi connectivity index (χ1) is 9.90. The fourth-order valence-electron chi connectivity index (χ4n) is 2.92. The van der Waals surface area contributed by atoms with E-state index in [4.69, 9.17) is 4.74 Å². The second kappa shape index (κ2) is 6.69. The minimum Gasteiger partial charge on any atom is -0.394 e. The quantitative estimate of drug-likeness (QED) is 0.861. The van der Waals surface area contributed by atoms with Crippen molar-refractivity contribution in [1.29, 1.82) is 0 Å². The van der Waals surface area contributed by atoms with Crippen LogP contribution in [0.25, 0.3) is 0 Å². The van der Waals surface area contributed by atoms with Crippen LogP contribution in [0.3, 0.4) is 0 Å². The van der Waals surface area contributed by atoms with E-state index in [0.29, 0.717) is 13.1 Å². The van der Waals surface area contributed by atoms with E-state index in [1.165, 1.54) is 5.56 Å². The SMILES string of the molecule is Cc1cc(C)c(C(=O)CN2CC(C)OC(CO)C2)cc1C. The molecule has 2 atom stereocenters. The Labute approximate surface area is 126 Å². The highest BCUT2D eigenvalue weighted by molar-refractivity contribution is 5.99. The van der Waals surface area contributed by atoms with Crippen molar-refractivity contribution in [3.63, 3.8) is 0 Å². The van der Waals surface area contributed by atoms with Crippen LogP contribution in [0.1, 0.15) is 34.0 Å². The summed E-state index contributed by atoms with van der Waals surface area (Å²) >= 11 is 0. The molecule has 4 nitrogen and oxygen atoms in total. The average molecular weight is 291 g/mol. The van der Waals surface area contributed by atoms with Crippen LogP contribution in [0.2, 0.25) is 0 Å². The van der Waals surface area contributed by atoms with E-state index in [0.717, 1.165) is 23.2 Å². The molecule has 1 N–H and O–H groups in total. The number of benzene rings is 1. The molecule has 1 aromatic rings. The highest BCUT2D eigenvalue weighted by Gasteiger charge is 2.26. The van der Waals surface area contributed by atoms with Crippen LogP contribution in [0, 0.1) is 20.8 Å². The lowest BCUT2D eigenvalue weighted by molar-refractivity contribution is -0.0926. The number of ether oxygens (including phenoxy) is 1. The first kappa shape index (κ1) is 16.1. The van der Waals surface area contributed by atoms with Gasteiger partial charge in [0.15, 0.2) is 5.78 Å². The predicted molar refractivity (Wildman–Crippen MR) is 82.8 cm³/mol. The maximum absolute atomic E-state index is 12.6. The van der Waals surface area contributed by atoms with Gasteiger partial charge in [0, 0.05) is 18.7 Å². The minimum atomic E-state index is -0.192. The minimum absolute atomic E-state index is 0.00228. The number of aryl methyl sites for hydroxylation is 3. The highest BCUT2D eigenvalue weighted by atomic mass is 16.5. The first-order valence-corrected chi connectivity index (χ1v) is 7.50. The number of hydrogen-bond donors (Lipinski definition) is 1. The van der Waals surface area contributed by atoms with Crippen molar-refractivity contribution in [2.75, 3.05) is 26.2 Å². The topological polar surface area (TPSA) is 49.8 Å². The Hall–Kier alpha value is -1.23. The van der Waals surface area contributed by atoms with Crippen molar-refractivity contribution < 1.29 is 14.6 Å². The first-order valence-electron chi connectivity index (χ1n) is 7.50. The van der Waals surface area contributed by atoms with Crippen molar-refractivity contribution in [1.82, 2.24) is 4.90 Å². The van der Waals surface area contributed by atoms with Gasteiger partial charge < -0.3 is 9.84 Å². The number of morpholine rings is 1. The molecule has 1 aliphatic heterocycles. The number of carbonyl (C=O) groups is 1. The van der Waals surface area contributed by atoms with Crippen LogP contribution < -0.4 is 0 Å². The summed E-state index contributed by atoms with van der Waals surface area (Å²) in [5.41, 5.74) is 4.19. The normalized spacial score (nSPS) is 23.3. The Bertz CT molecular complexity index is 527. The van der Waals surface area contributed by atoms with Crippen molar-refractivity contribution in [2.24, 2.45) is 0 Å². The summed E-state index contributed by atoms with van der Waals surface area (Å²) in [5.74, 6) is 0.140. The molecule has 1 aromatic carbocycles. The molecule has 4 heteroatoms. The Kier molecular flexibility index (Phi) is 5.14. The van der Waals surface area contributed by atoms with Gasteiger partial charge in [-0.3, -0.25) is 9.69 Å².